The van der Waals surface area contributed by atoms with Crippen molar-refractivity contribution in [1.29, 1.82) is 0 Å². The van der Waals surface area contributed by atoms with Crippen LogP contribution in [0.15, 0.2) is 34.0 Å². The first-order valence-corrected chi connectivity index (χ1v) is 12.0. The Kier molecular flexibility index (Phi) is 10.1. The number of allylic oxidation sites excluding steroid dienone is 2. The Hall–Kier alpha value is -1.44. The minimum Gasteiger partial charge on any atom is -0.461 e. The summed E-state index contributed by atoms with van der Waals surface area (Å²) in [6.45, 7) is 7.94. The highest BCUT2D eigenvalue weighted by Crippen LogP contribution is 2.35. The number of ether oxygens (including phenoxy) is 1. The number of aliphatic hydroxyl groups excluding tert-OH is 1. The van der Waals surface area contributed by atoms with Gasteiger partial charge >= 0.3 is 5.97 Å². The minimum atomic E-state index is -0.391. The van der Waals surface area contributed by atoms with Gasteiger partial charge in [-0.25, -0.2) is 9.78 Å². The molecule has 0 bridgehead atoms. The van der Waals surface area contributed by atoms with Crippen molar-refractivity contribution in [1.82, 2.24) is 4.98 Å². The van der Waals surface area contributed by atoms with E-state index < -0.39 is 5.97 Å². The van der Waals surface area contributed by atoms with Crippen molar-refractivity contribution in [3.05, 3.63) is 35.4 Å². The topological polar surface area (TPSA) is 76.5 Å². The van der Waals surface area contributed by atoms with Crippen LogP contribution in [0.25, 0.3) is 0 Å². The summed E-state index contributed by atoms with van der Waals surface area (Å²) < 4.78 is 5.78. The van der Waals surface area contributed by atoms with E-state index in [0.717, 1.165) is 41.3 Å². The molecule has 0 radical (unpaired) electrons. The lowest BCUT2D eigenvalue weighted by Crippen LogP contribution is -2.14. The summed E-state index contributed by atoms with van der Waals surface area (Å²) >= 11 is 3.01. The third-order valence-corrected chi connectivity index (χ3v) is 7.03. The van der Waals surface area contributed by atoms with E-state index in [2.05, 4.69) is 17.6 Å². The Morgan fingerprint density at radius 2 is 2.34 bits per heavy atom. The van der Waals surface area contributed by atoms with Crippen LogP contribution in [0.1, 0.15) is 62.9 Å². The number of carbonyl (C=O) groups is 2. The van der Waals surface area contributed by atoms with Crippen molar-refractivity contribution >= 4 is 34.9 Å². The number of nitrogens with zero attached hydrogens (tertiary/aromatic N) is 1. The van der Waals surface area contributed by atoms with Crippen LogP contribution in [0.3, 0.4) is 0 Å². The normalized spacial score (nSPS) is 20.3. The molecule has 0 aliphatic heterocycles. The molecule has 1 saturated carbocycles. The number of hydrogen-bond acceptors (Lipinski definition) is 7. The molecule has 3 atom stereocenters. The van der Waals surface area contributed by atoms with Gasteiger partial charge < -0.3 is 9.84 Å². The predicted octanol–water partition coefficient (Wildman–Crippen LogP) is 5.06. The maximum atomic E-state index is 12.3. The fourth-order valence-electron chi connectivity index (χ4n) is 3.38. The zero-order valence-corrected chi connectivity index (χ0v) is 18.9. The second kappa shape index (κ2) is 12.3. The molecule has 7 heteroatoms. The van der Waals surface area contributed by atoms with Gasteiger partial charge in [-0.15, -0.1) is 17.9 Å². The summed E-state index contributed by atoms with van der Waals surface area (Å²) in [4.78, 5) is 28.3. The highest BCUT2D eigenvalue weighted by Gasteiger charge is 2.32. The van der Waals surface area contributed by atoms with E-state index in [1.807, 2.05) is 13.0 Å². The average molecular weight is 438 g/mol. The summed E-state index contributed by atoms with van der Waals surface area (Å²) in [6, 6.07) is 0. The van der Waals surface area contributed by atoms with E-state index in [-0.39, 0.29) is 17.9 Å². The monoisotopic (exact) mass is 437 g/mol. The van der Waals surface area contributed by atoms with E-state index >= 15 is 0 Å². The molecule has 2 rings (SSSR count). The zero-order chi connectivity index (χ0) is 21.2. The molecule has 5 nitrogen and oxygen atoms in total. The van der Waals surface area contributed by atoms with E-state index in [0.29, 0.717) is 30.9 Å². The molecular weight excluding hydrogens is 406 g/mol. The number of Topliss-reactive ketones (excluding diaryl/α,β-unsaturated/α-hetero) is 1. The van der Waals surface area contributed by atoms with Gasteiger partial charge in [0.05, 0.1) is 12.7 Å². The highest BCUT2D eigenvalue weighted by molar-refractivity contribution is 8.01. The van der Waals surface area contributed by atoms with Gasteiger partial charge in [-0.1, -0.05) is 29.5 Å². The van der Waals surface area contributed by atoms with E-state index in [9.17, 15) is 14.7 Å². The van der Waals surface area contributed by atoms with E-state index in [4.69, 9.17) is 4.74 Å². The number of aliphatic hydroxyl groups is 1. The van der Waals surface area contributed by atoms with Crippen molar-refractivity contribution in [2.24, 2.45) is 11.8 Å². The van der Waals surface area contributed by atoms with Crippen LogP contribution in [-0.2, 0) is 9.53 Å². The Morgan fingerprint density at radius 3 is 3.07 bits per heavy atom. The first-order valence-electron chi connectivity index (χ1n) is 10.2. The van der Waals surface area contributed by atoms with Crippen LogP contribution in [0.5, 0.6) is 0 Å². The van der Waals surface area contributed by atoms with Gasteiger partial charge in [-0.05, 0) is 51.9 Å². The number of hydrogen-bond donors (Lipinski definition) is 1. The Bertz CT molecular complexity index is 728. The van der Waals surface area contributed by atoms with Crippen LogP contribution in [0, 0.1) is 11.8 Å². The smallest absolute Gasteiger partial charge is 0.357 e. The molecule has 160 valence electrons. The molecule has 0 amide bonds. The molecule has 0 saturated heterocycles. The lowest BCUT2D eigenvalue weighted by atomic mass is 9.92. The van der Waals surface area contributed by atoms with Gasteiger partial charge in [0, 0.05) is 23.5 Å². The molecule has 1 aliphatic rings. The molecular formula is C22H31NO4S2. The second-order valence-corrected chi connectivity index (χ2v) is 9.65. The number of aromatic nitrogens is 1. The van der Waals surface area contributed by atoms with Gasteiger partial charge in [-0.2, -0.15) is 0 Å². The molecule has 1 N–H and O–H groups in total. The van der Waals surface area contributed by atoms with Gasteiger partial charge in [0.25, 0.3) is 0 Å². The molecule has 29 heavy (non-hydrogen) atoms. The molecule has 1 aliphatic carbocycles. The fraction of sp³-hybridized carbons (Fsp3) is 0.591. The van der Waals surface area contributed by atoms with Crippen molar-refractivity contribution in [3.63, 3.8) is 0 Å². The molecule has 3 unspecified atom stereocenters. The second-order valence-electron chi connectivity index (χ2n) is 7.45. The van der Waals surface area contributed by atoms with Crippen molar-refractivity contribution < 1.29 is 19.4 Å². The maximum absolute atomic E-state index is 12.3. The van der Waals surface area contributed by atoms with Crippen LogP contribution >= 0.6 is 23.1 Å². The first kappa shape index (κ1) is 23.8. The molecule has 1 aromatic heterocycles. The van der Waals surface area contributed by atoms with Crippen molar-refractivity contribution in [2.75, 3.05) is 12.4 Å². The summed E-state index contributed by atoms with van der Waals surface area (Å²) in [5, 5.41) is 11.7. The highest BCUT2D eigenvalue weighted by atomic mass is 32.2. The Balaban J connectivity index is 1.78. The van der Waals surface area contributed by atoms with Crippen LogP contribution in [-0.4, -0.2) is 40.3 Å². The molecule has 1 heterocycles. The molecule has 1 fully saturated rings. The summed E-state index contributed by atoms with van der Waals surface area (Å²) in [5.41, 5.74) is 1.43. The van der Waals surface area contributed by atoms with Crippen LogP contribution in [0.2, 0.25) is 0 Å². The van der Waals surface area contributed by atoms with Gasteiger partial charge in [0.15, 0.2) is 10.0 Å². The lowest BCUT2D eigenvalue weighted by molar-refractivity contribution is -0.121. The zero-order valence-electron chi connectivity index (χ0n) is 17.3. The maximum Gasteiger partial charge on any atom is 0.357 e. The third-order valence-electron chi connectivity index (χ3n) is 4.97. The number of thiazole rings is 1. The number of thioether (sulfide) groups is 1. The third kappa shape index (κ3) is 8.07. The first-order chi connectivity index (χ1) is 13.9. The van der Waals surface area contributed by atoms with Crippen molar-refractivity contribution in [2.45, 2.75) is 62.8 Å². The van der Waals surface area contributed by atoms with E-state index in [1.165, 1.54) is 11.3 Å². The number of esters is 1. The summed E-state index contributed by atoms with van der Waals surface area (Å²) in [7, 11) is 0. The molecule has 0 aromatic carbocycles. The average Bonchev–Trinajstić information content (AvgIpc) is 3.28. The summed E-state index contributed by atoms with van der Waals surface area (Å²) in [6.07, 6.45) is 8.29. The predicted molar refractivity (Wildman–Crippen MR) is 118 cm³/mol. The SMILES string of the molecule is C=C(C)CCC(O)CC=CC1CCC(=O)C1CCSc1nc(C(=O)OCC)cs1. The van der Waals surface area contributed by atoms with Gasteiger partial charge in [0.1, 0.15) is 5.78 Å². The minimum absolute atomic E-state index is 0.0378. The Morgan fingerprint density at radius 1 is 1.55 bits per heavy atom. The summed E-state index contributed by atoms with van der Waals surface area (Å²) in [5.74, 6) is 1.02. The molecule has 1 aromatic rings. The van der Waals surface area contributed by atoms with Gasteiger partial charge in [-0.3, -0.25) is 4.79 Å². The lowest BCUT2D eigenvalue weighted by Gasteiger charge is -2.15. The number of carbonyl (C=O) groups excluding carboxylic acids is 2. The van der Waals surface area contributed by atoms with Gasteiger partial charge in [0.2, 0.25) is 0 Å². The van der Waals surface area contributed by atoms with Crippen LogP contribution < -0.4 is 0 Å². The Labute approximate surface area is 181 Å². The fourth-order valence-corrected chi connectivity index (χ4v) is 5.26. The molecule has 0 spiro atoms. The van der Waals surface area contributed by atoms with E-state index in [1.54, 1.807) is 24.1 Å². The number of rotatable bonds is 12. The van der Waals surface area contributed by atoms with Crippen molar-refractivity contribution in [3.8, 4) is 0 Å². The number of ketones is 1. The largest absolute Gasteiger partial charge is 0.461 e. The van der Waals surface area contributed by atoms with Crippen LogP contribution in [0.4, 0.5) is 0 Å². The quantitative estimate of drug-likeness (QED) is 0.280. The standard InChI is InChI=1S/C22H31NO4S2/c1-4-27-21(26)19-14-29-22(23-19)28-13-12-18-16(9-11-20(18)25)6-5-7-17(24)10-8-15(2)3/h5-6,14,16-18,24H,2,4,7-13H2,1,3H3.